The van der Waals surface area contributed by atoms with Gasteiger partial charge in [-0.1, -0.05) is 20.3 Å². The van der Waals surface area contributed by atoms with Gasteiger partial charge in [0.05, 0.1) is 6.61 Å². The molecule has 0 radical (unpaired) electrons. The van der Waals surface area contributed by atoms with Gasteiger partial charge in [0.25, 0.3) is 0 Å². The first kappa shape index (κ1) is 14.0. The van der Waals surface area contributed by atoms with Crippen molar-refractivity contribution in [3.05, 3.63) is 12.4 Å². The van der Waals surface area contributed by atoms with Gasteiger partial charge in [0, 0.05) is 32.1 Å². The number of nitrogens with zero attached hydrogens (tertiary/aromatic N) is 2. The van der Waals surface area contributed by atoms with Crippen LogP contribution in [-0.4, -0.2) is 29.8 Å². The average molecular weight is 239 g/mol. The lowest BCUT2D eigenvalue weighted by atomic mass is 10.0. The maximum atomic E-state index is 5.02. The number of ether oxygens (including phenoxy) is 1. The van der Waals surface area contributed by atoms with Crippen molar-refractivity contribution in [3.8, 4) is 0 Å². The van der Waals surface area contributed by atoms with E-state index in [0.29, 0.717) is 12.6 Å². The van der Waals surface area contributed by atoms with E-state index in [-0.39, 0.29) is 0 Å². The molecular formula is C13H25N3O. The largest absolute Gasteiger partial charge is 0.383 e. The van der Waals surface area contributed by atoms with Crippen molar-refractivity contribution in [2.75, 3.05) is 25.6 Å². The highest BCUT2D eigenvalue weighted by Gasteiger charge is 2.12. The summed E-state index contributed by atoms with van der Waals surface area (Å²) in [5, 5.41) is 3.29. The summed E-state index contributed by atoms with van der Waals surface area (Å²) in [4.78, 5) is 4.34. The Hall–Kier alpha value is -1.03. The van der Waals surface area contributed by atoms with E-state index >= 15 is 0 Å². The number of hydrogen-bond donors (Lipinski definition) is 1. The second-order valence-corrected chi connectivity index (χ2v) is 4.68. The first-order valence-electron chi connectivity index (χ1n) is 6.44. The summed E-state index contributed by atoms with van der Waals surface area (Å²) in [6, 6.07) is 0.484. The summed E-state index contributed by atoms with van der Waals surface area (Å²) in [6.07, 6.45) is 6.31. The van der Waals surface area contributed by atoms with Crippen molar-refractivity contribution in [3.63, 3.8) is 0 Å². The molecule has 1 heterocycles. The fourth-order valence-electron chi connectivity index (χ4n) is 1.93. The molecule has 0 aromatic carbocycles. The van der Waals surface area contributed by atoms with Gasteiger partial charge >= 0.3 is 0 Å². The quantitative estimate of drug-likeness (QED) is 0.709. The number of methoxy groups -OCH3 is 1. The topological polar surface area (TPSA) is 39.1 Å². The van der Waals surface area contributed by atoms with Gasteiger partial charge in [0.1, 0.15) is 0 Å². The molecule has 0 spiro atoms. The Bertz CT molecular complexity index is 311. The molecule has 0 bridgehead atoms. The number of hydrogen-bond acceptors (Lipinski definition) is 3. The highest BCUT2D eigenvalue weighted by Crippen LogP contribution is 2.22. The minimum Gasteiger partial charge on any atom is -0.383 e. The Labute approximate surface area is 104 Å². The molecule has 0 fully saturated rings. The Balaban J connectivity index is 2.54. The van der Waals surface area contributed by atoms with Crippen LogP contribution in [0.15, 0.2) is 12.4 Å². The maximum Gasteiger partial charge on any atom is 0.203 e. The lowest BCUT2D eigenvalue weighted by Crippen LogP contribution is -2.15. The highest BCUT2D eigenvalue weighted by molar-refractivity contribution is 5.26. The predicted octanol–water partition coefficient (Wildman–Crippen LogP) is 2.94. The first-order chi connectivity index (χ1) is 8.19. The number of aromatic nitrogens is 2. The van der Waals surface area contributed by atoms with Crippen LogP contribution in [0.3, 0.4) is 0 Å². The molecule has 0 amide bonds. The van der Waals surface area contributed by atoms with Crippen LogP contribution in [0.5, 0.6) is 0 Å². The van der Waals surface area contributed by atoms with Gasteiger partial charge in [0.2, 0.25) is 5.95 Å². The predicted molar refractivity (Wildman–Crippen MR) is 71.4 cm³/mol. The molecule has 0 aliphatic heterocycles. The smallest absolute Gasteiger partial charge is 0.203 e. The number of anilines is 1. The fraction of sp³-hybridized carbons (Fsp3) is 0.769. The molecule has 1 N–H and O–H groups in total. The SMILES string of the molecule is CCC(C)CC(C)n1ccnc1NCCOC. The second kappa shape index (κ2) is 7.33. The van der Waals surface area contributed by atoms with Gasteiger partial charge in [-0.25, -0.2) is 4.98 Å². The Morgan fingerprint density at radius 3 is 2.88 bits per heavy atom. The molecule has 2 unspecified atom stereocenters. The summed E-state index contributed by atoms with van der Waals surface area (Å²) in [5.74, 6) is 1.69. The normalized spacial score (nSPS) is 14.6. The van der Waals surface area contributed by atoms with Crippen LogP contribution in [0, 0.1) is 5.92 Å². The van der Waals surface area contributed by atoms with Crippen molar-refractivity contribution in [1.82, 2.24) is 9.55 Å². The molecular weight excluding hydrogens is 214 g/mol. The zero-order valence-electron chi connectivity index (χ0n) is 11.4. The average Bonchev–Trinajstić information content (AvgIpc) is 2.77. The Morgan fingerprint density at radius 2 is 2.24 bits per heavy atom. The van der Waals surface area contributed by atoms with Crippen LogP contribution in [0.4, 0.5) is 5.95 Å². The third-order valence-corrected chi connectivity index (χ3v) is 3.17. The van der Waals surface area contributed by atoms with Crippen LogP contribution >= 0.6 is 0 Å². The van der Waals surface area contributed by atoms with E-state index in [1.54, 1.807) is 7.11 Å². The monoisotopic (exact) mass is 239 g/mol. The van der Waals surface area contributed by atoms with Gasteiger partial charge in [-0.15, -0.1) is 0 Å². The van der Waals surface area contributed by atoms with E-state index in [4.69, 9.17) is 4.74 Å². The van der Waals surface area contributed by atoms with Crippen LogP contribution in [0.1, 0.15) is 39.7 Å². The Morgan fingerprint density at radius 1 is 1.47 bits per heavy atom. The summed E-state index contributed by atoms with van der Waals surface area (Å²) >= 11 is 0. The Kier molecular flexibility index (Phi) is 6.05. The molecule has 2 atom stereocenters. The minimum absolute atomic E-state index is 0.484. The first-order valence-corrected chi connectivity index (χ1v) is 6.44. The van der Waals surface area contributed by atoms with Crippen molar-refractivity contribution >= 4 is 5.95 Å². The van der Waals surface area contributed by atoms with Gasteiger partial charge in [-0.3, -0.25) is 0 Å². The standard InChI is InChI=1S/C13H25N3O/c1-5-11(2)10-12(3)16-8-6-14-13(16)15-7-9-17-4/h6,8,11-12H,5,7,9-10H2,1-4H3,(H,14,15). The summed E-state index contributed by atoms with van der Waals surface area (Å²) in [6.45, 7) is 8.28. The van der Waals surface area contributed by atoms with Crippen LogP contribution < -0.4 is 5.32 Å². The van der Waals surface area contributed by atoms with Gasteiger partial charge in [-0.2, -0.15) is 0 Å². The zero-order valence-corrected chi connectivity index (χ0v) is 11.4. The zero-order chi connectivity index (χ0) is 12.7. The van der Waals surface area contributed by atoms with Crippen LogP contribution in [0.25, 0.3) is 0 Å². The number of rotatable bonds is 8. The fourth-order valence-corrected chi connectivity index (χ4v) is 1.93. The summed E-state index contributed by atoms with van der Waals surface area (Å²) in [7, 11) is 1.71. The van der Waals surface area contributed by atoms with E-state index in [0.717, 1.165) is 18.4 Å². The van der Waals surface area contributed by atoms with Gasteiger partial charge in [0.15, 0.2) is 0 Å². The number of imidazole rings is 1. The number of nitrogens with one attached hydrogen (secondary N) is 1. The van der Waals surface area contributed by atoms with Gasteiger partial charge < -0.3 is 14.6 Å². The molecule has 4 nitrogen and oxygen atoms in total. The molecule has 1 aromatic heterocycles. The molecule has 1 rings (SSSR count). The molecule has 0 aliphatic carbocycles. The van der Waals surface area contributed by atoms with E-state index in [9.17, 15) is 0 Å². The molecule has 0 saturated heterocycles. The van der Waals surface area contributed by atoms with E-state index in [2.05, 4.69) is 35.6 Å². The van der Waals surface area contributed by atoms with Crippen LogP contribution in [-0.2, 0) is 4.74 Å². The molecule has 4 heteroatoms. The van der Waals surface area contributed by atoms with E-state index < -0.39 is 0 Å². The summed E-state index contributed by atoms with van der Waals surface area (Å²) in [5.41, 5.74) is 0. The van der Waals surface area contributed by atoms with Gasteiger partial charge in [-0.05, 0) is 19.3 Å². The summed E-state index contributed by atoms with van der Waals surface area (Å²) < 4.78 is 7.23. The lowest BCUT2D eigenvalue weighted by Gasteiger charge is -2.19. The van der Waals surface area contributed by atoms with Crippen molar-refractivity contribution < 1.29 is 4.74 Å². The minimum atomic E-state index is 0.484. The second-order valence-electron chi connectivity index (χ2n) is 4.68. The third-order valence-electron chi connectivity index (χ3n) is 3.17. The van der Waals surface area contributed by atoms with Crippen molar-refractivity contribution in [2.45, 2.75) is 39.7 Å². The van der Waals surface area contributed by atoms with Crippen molar-refractivity contribution in [1.29, 1.82) is 0 Å². The van der Waals surface area contributed by atoms with E-state index in [1.165, 1.54) is 12.8 Å². The molecule has 1 aromatic rings. The molecule has 0 aliphatic rings. The molecule has 98 valence electrons. The van der Waals surface area contributed by atoms with Crippen LogP contribution in [0.2, 0.25) is 0 Å². The maximum absolute atomic E-state index is 5.02. The third kappa shape index (κ3) is 4.38. The van der Waals surface area contributed by atoms with Crippen molar-refractivity contribution in [2.24, 2.45) is 5.92 Å². The highest BCUT2D eigenvalue weighted by atomic mass is 16.5. The molecule has 0 saturated carbocycles. The molecule has 17 heavy (non-hydrogen) atoms. The van der Waals surface area contributed by atoms with E-state index in [1.807, 2.05) is 12.4 Å². The lowest BCUT2D eigenvalue weighted by molar-refractivity contribution is 0.210.